The SMILES string of the molecule is Cc1nc(N2CCC(n3cc(F)c4c(Cc5ccc(C(=O)N6CCC[C@@H](O)C6)cc5F)ncnc43)CC2)no1. The minimum absolute atomic E-state index is 0.0272. The maximum Gasteiger partial charge on any atom is 0.266 e. The fraction of sp³-hybridized carbons (Fsp3) is 0.444. The average molecular weight is 538 g/mol. The van der Waals surface area contributed by atoms with Gasteiger partial charge in [-0.05, 0) is 48.5 Å². The molecule has 39 heavy (non-hydrogen) atoms. The number of anilines is 1. The van der Waals surface area contributed by atoms with Crippen molar-refractivity contribution < 1.29 is 23.2 Å². The van der Waals surface area contributed by atoms with Crippen molar-refractivity contribution in [1.29, 1.82) is 0 Å². The molecule has 0 radical (unpaired) electrons. The normalized spacial score (nSPS) is 18.7. The van der Waals surface area contributed by atoms with Gasteiger partial charge in [0.05, 0.1) is 17.2 Å². The Bertz CT molecular complexity index is 1510. The lowest BCUT2D eigenvalue weighted by Gasteiger charge is -2.31. The van der Waals surface area contributed by atoms with Crippen LogP contribution in [0.3, 0.4) is 0 Å². The zero-order valence-electron chi connectivity index (χ0n) is 21.6. The van der Waals surface area contributed by atoms with E-state index in [1.54, 1.807) is 24.0 Å². The van der Waals surface area contributed by atoms with E-state index in [1.165, 1.54) is 18.6 Å². The van der Waals surface area contributed by atoms with Gasteiger partial charge < -0.3 is 24.0 Å². The Morgan fingerprint density at radius 3 is 2.67 bits per heavy atom. The fourth-order valence-electron chi connectivity index (χ4n) is 5.60. The van der Waals surface area contributed by atoms with Crippen LogP contribution < -0.4 is 4.90 Å². The summed E-state index contributed by atoms with van der Waals surface area (Å²) in [6.45, 7) is 3.90. The number of carbonyl (C=O) groups is 1. The predicted molar refractivity (Wildman–Crippen MR) is 137 cm³/mol. The lowest BCUT2D eigenvalue weighted by molar-refractivity contribution is 0.0473. The monoisotopic (exact) mass is 537 g/mol. The number of nitrogens with zero attached hydrogens (tertiary/aromatic N) is 7. The van der Waals surface area contributed by atoms with Crippen LogP contribution >= 0.6 is 0 Å². The molecule has 2 aliphatic heterocycles. The summed E-state index contributed by atoms with van der Waals surface area (Å²) < 4.78 is 37.3. The van der Waals surface area contributed by atoms with Crippen LogP contribution in [0.2, 0.25) is 0 Å². The number of aliphatic hydroxyl groups is 1. The zero-order chi connectivity index (χ0) is 27.1. The topological polar surface area (TPSA) is 113 Å². The van der Waals surface area contributed by atoms with E-state index in [0.29, 0.717) is 61.2 Å². The molecule has 1 atom stereocenters. The van der Waals surface area contributed by atoms with Gasteiger partial charge in [-0.2, -0.15) is 4.98 Å². The molecule has 0 aliphatic carbocycles. The number of halogens is 2. The van der Waals surface area contributed by atoms with Crippen LogP contribution in [0.4, 0.5) is 14.7 Å². The Balaban J connectivity index is 1.20. The van der Waals surface area contributed by atoms with Gasteiger partial charge in [-0.1, -0.05) is 6.07 Å². The Labute approximate surface area is 223 Å². The minimum atomic E-state index is -0.561. The molecular weight excluding hydrogens is 508 g/mol. The maximum atomic E-state index is 15.3. The van der Waals surface area contributed by atoms with Gasteiger partial charge in [0.25, 0.3) is 11.9 Å². The number of likely N-dealkylation sites (tertiary alicyclic amines) is 1. The maximum absolute atomic E-state index is 15.3. The number of aliphatic hydroxyl groups excluding tert-OH is 1. The molecule has 4 aromatic rings. The van der Waals surface area contributed by atoms with E-state index in [1.807, 2.05) is 9.47 Å². The molecule has 2 fully saturated rings. The van der Waals surface area contributed by atoms with Crippen LogP contribution in [0.15, 0.2) is 35.2 Å². The summed E-state index contributed by atoms with van der Waals surface area (Å²) in [5.41, 5.74) is 1.38. The molecular formula is C27H29F2N7O3. The number of benzene rings is 1. The smallest absolute Gasteiger partial charge is 0.266 e. The molecule has 5 heterocycles. The number of rotatable bonds is 5. The van der Waals surface area contributed by atoms with Crippen molar-refractivity contribution in [1.82, 2.24) is 29.6 Å². The first-order chi connectivity index (χ1) is 18.9. The summed E-state index contributed by atoms with van der Waals surface area (Å²) in [4.78, 5) is 29.3. The van der Waals surface area contributed by atoms with Gasteiger partial charge in [0.1, 0.15) is 17.8 Å². The molecule has 12 heteroatoms. The van der Waals surface area contributed by atoms with Crippen LogP contribution in [-0.4, -0.2) is 72.9 Å². The van der Waals surface area contributed by atoms with Crippen molar-refractivity contribution in [2.75, 3.05) is 31.1 Å². The summed E-state index contributed by atoms with van der Waals surface area (Å²) in [5.74, 6) is -0.259. The standard InChI is InChI=1S/C27H29F2N7O3/c1-16-32-27(33-39-16)34-9-6-19(7-10-34)36-14-22(29)24-23(30-15-31-25(24)36)12-17-4-5-18(11-21(17)28)26(38)35-8-2-3-20(37)13-35/h4-5,11,14-15,19-20,37H,2-3,6-10,12-13H2,1H3/t20-/m1/s1. The van der Waals surface area contributed by atoms with Gasteiger partial charge >= 0.3 is 0 Å². The van der Waals surface area contributed by atoms with Gasteiger partial charge in [0.2, 0.25) is 5.89 Å². The third-order valence-electron chi connectivity index (χ3n) is 7.64. The molecule has 1 aromatic carbocycles. The van der Waals surface area contributed by atoms with E-state index in [9.17, 15) is 9.90 Å². The third kappa shape index (κ3) is 4.96. The average Bonchev–Trinajstić information content (AvgIpc) is 3.53. The first kappa shape index (κ1) is 25.4. The Hall–Kier alpha value is -3.93. The summed E-state index contributed by atoms with van der Waals surface area (Å²) in [6.07, 6.45) is 5.18. The van der Waals surface area contributed by atoms with Crippen molar-refractivity contribution in [3.8, 4) is 0 Å². The molecule has 3 aromatic heterocycles. The van der Waals surface area contributed by atoms with Gasteiger partial charge in [-0.25, -0.2) is 18.7 Å². The number of piperidine rings is 2. The second-order valence-corrected chi connectivity index (χ2v) is 10.3. The number of amides is 1. The largest absolute Gasteiger partial charge is 0.391 e. The lowest BCUT2D eigenvalue weighted by Crippen LogP contribution is -2.42. The summed E-state index contributed by atoms with van der Waals surface area (Å²) in [5, 5.41) is 14.1. The van der Waals surface area contributed by atoms with Crippen molar-refractivity contribution in [3.05, 3.63) is 65.1 Å². The molecule has 0 bridgehead atoms. The molecule has 0 saturated carbocycles. The van der Waals surface area contributed by atoms with Crippen molar-refractivity contribution in [2.45, 2.75) is 51.2 Å². The molecule has 0 spiro atoms. The van der Waals surface area contributed by atoms with Crippen LogP contribution in [0.5, 0.6) is 0 Å². The number of carbonyl (C=O) groups excluding carboxylic acids is 1. The van der Waals surface area contributed by atoms with E-state index in [2.05, 4.69) is 20.1 Å². The van der Waals surface area contributed by atoms with E-state index in [4.69, 9.17) is 4.52 Å². The number of hydrogen-bond donors (Lipinski definition) is 1. The van der Waals surface area contributed by atoms with Crippen LogP contribution in [0.1, 0.15) is 59.2 Å². The Morgan fingerprint density at radius 2 is 1.95 bits per heavy atom. The van der Waals surface area contributed by atoms with Crippen molar-refractivity contribution >= 4 is 22.9 Å². The molecule has 1 amide bonds. The Kier molecular flexibility index (Phi) is 6.71. The zero-order valence-corrected chi connectivity index (χ0v) is 21.6. The molecule has 0 unspecified atom stereocenters. The summed E-state index contributed by atoms with van der Waals surface area (Å²) in [6, 6.07) is 4.35. The highest BCUT2D eigenvalue weighted by Gasteiger charge is 2.27. The van der Waals surface area contributed by atoms with E-state index < -0.39 is 17.7 Å². The second-order valence-electron chi connectivity index (χ2n) is 10.3. The van der Waals surface area contributed by atoms with E-state index >= 15 is 8.78 Å². The number of β-amino-alcohol motifs (C(OH)–C–C–N with tert-alkyl or cyclic N) is 1. The summed E-state index contributed by atoms with van der Waals surface area (Å²) >= 11 is 0. The van der Waals surface area contributed by atoms with E-state index in [0.717, 1.165) is 12.8 Å². The van der Waals surface area contributed by atoms with Crippen LogP contribution in [0, 0.1) is 18.6 Å². The highest BCUT2D eigenvalue weighted by atomic mass is 19.1. The fourth-order valence-corrected chi connectivity index (χ4v) is 5.60. The van der Waals surface area contributed by atoms with E-state index in [-0.39, 0.29) is 35.9 Å². The lowest BCUT2D eigenvalue weighted by atomic mass is 10.0. The first-order valence-electron chi connectivity index (χ1n) is 13.2. The quantitative estimate of drug-likeness (QED) is 0.412. The number of hydrogen-bond acceptors (Lipinski definition) is 8. The first-order valence-corrected chi connectivity index (χ1v) is 13.2. The minimum Gasteiger partial charge on any atom is -0.391 e. The third-order valence-corrected chi connectivity index (χ3v) is 7.64. The molecule has 10 nitrogen and oxygen atoms in total. The van der Waals surface area contributed by atoms with Gasteiger partial charge in [0, 0.05) is 57.3 Å². The highest BCUT2D eigenvalue weighted by Crippen LogP contribution is 2.31. The Morgan fingerprint density at radius 1 is 1.13 bits per heavy atom. The molecule has 2 aliphatic rings. The molecule has 6 rings (SSSR count). The van der Waals surface area contributed by atoms with Crippen LogP contribution in [0.25, 0.3) is 11.0 Å². The number of aromatic nitrogens is 5. The van der Waals surface area contributed by atoms with Crippen molar-refractivity contribution in [2.24, 2.45) is 0 Å². The van der Waals surface area contributed by atoms with Crippen LogP contribution in [-0.2, 0) is 6.42 Å². The number of aryl methyl sites for hydroxylation is 1. The molecule has 1 N–H and O–H groups in total. The highest BCUT2D eigenvalue weighted by molar-refractivity contribution is 5.94. The van der Waals surface area contributed by atoms with Gasteiger partial charge in [-0.3, -0.25) is 4.79 Å². The van der Waals surface area contributed by atoms with Gasteiger partial charge in [-0.15, -0.1) is 0 Å². The molecule has 2 saturated heterocycles. The summed E-state index contributed by atoms with van der Waals surface area (Å²) in [7, 11) is 0. The predicted octanol–water partition coefficient (Wildman–Crippen LogP) is 3.43. The number of fused-ring (bicyclic) bond motifs is 1. The van der Waals surface area contributed by atoms with Crippen molar-refractivity contribution in [3.63, 3.8) is 0 Å². The second kappa shape index (κ2) is 10.3. The molecule has 204 valence electrons. The van der Waals surface area contributed by atoms with Gasteiger partial charge in [0.15, 0.2) is 5.82 Å².